The molecule has 1 heterocycles. The molecule has 0 atom stereocenters. The van der Waals surface area contributed by atoms with Gasteiger partial charge in [0.15, 0.2) is 10.1 Å². The van der Waals surface area contributed by atoms with Gasteiger partial charge in [-0.3, -0.25) is 4.79 Å². The quantitative estimate of drug-likeness (QED) is 0.415. The van der Waals surface area contributed by atoms with E-state index in [1.54, 1.807) is 32.4 Å². The molecule has 0 saturated heterocycles. The van der Waals surface area contributed by atoms with Crippen molar-refractivity contribution in [1.29, 1.82) is 0 Å². The number of anilines is 2. The molecule has 6 nitrogen and oxygen atoms in total. The second-order valence-corrected chi connectivity index (χ2v) is 8.24. The maximum atomic E-state index is 12.6. The lowest BCUT2D eigenvalue weighted by Gasteiger charge is -2.09. The maximum Gasteiger partial charge on any atom is 0.210 e. The van der Waals surface area contributed by atoms with E-state index in [0.717, 1.165) is 21.2 Å². The summed E-state index contributed by atoms with van der Waals surface area (Å²) in [6.07, 6.45) is 0. The zero-order chi connectivity index (χ0) is 20.1. The van der Waals surface area contributed by atoms with Gasteiger partial charge in [-0.2, -0.15) is 0 Å². The summed E-state index contributed by atoms with van der Waals surface area (Å²) in [7, 11) is 3.11. The lowest BCUT2D eigenvalue weighted by Crippen LogP contribution is -2.05. The van der Waals surface area contributed by atoms with Crippen molar-refractivity contribution < 1.29 is 14.3 Å². The normalized spacial score (nSPS) is 10.6. The third kappa shape index (κ3) is 4.63. The smallest absolute Gasteiger partial charge is 0.210 e. The Bertz CT molecular complexity index is 968. The highest BCUT2D eigenvalue weighted by Gasteiger charge is 2.16. The molecule has 8 heteroatoms. The van der Waals surface area contributed by atoms with E-state index in [9.17, 15) is 4.79 Å². The number of ether oxygens (including phenoxy) is 2. The molecule has 3 aromatic rings. The highest BCUT2D eigenvalue weighted by molar-refractivity contribution is 8.01. The van der Waals surface area contributed by atoms with Crippen LogP contribution in [0.15, 0.2) is 40.7 Å². The molecule has 0 amide bonds. The van der Waals surface area contributed by atoms with E-state index in [-0.39, 0.29) is 11.5 Å². The number of nitrogens with zero attached hydrogens (tertiary/aromatic N) is 2. The van der Waals surface area contributed by atoms with E-state index in [1.807, 2.05) is 32.0 Å². The van der Waals surface area contributed by atoms with Crippen molar-refractivity contribution in [1.82, 2.24) is 10.2 Å². The summed E-state index contributed by atoms with van der Waals surface area (Å²) in [6.45, 7) is 4.10. The monoisotopic (exact) mass is 415 g/mol. The molecular formula is C20H21N3O3S2. The Morgan fingerprint density at radius 2 is 1.86 bits per heavy atom. The number of rotatable bonds is 8. The van der Waals surface area contributed by atoms with Crippen LogP contribution in [0.2, 0.25) is 0 Å². The van der Waals surface area contributed by atoms with Gasteiger partial charge >= 0.3 is 0 Å². The number of carbonyl (C=O) groups is 1. The summed E-state index contributed by atoms with van der Waals surface area (Å²) in [4.78, 5) is 12.6. The number of hydrogen-bond acceptors (Lipinski definition) is 8. The molecule has 0 bridgehead atoms. The molecule has 0 aliphatic carbocycles. The lowest BCUT2D eigenvalue weighted by atomic mass is 10.1. The molecule has 2 aromatic carbocycles. The Labute approximate surface area is 172 Å². The Morgan fingerprint density at radius 3 is 2.54 bits per heavy atom. The molecule has 1 N–H and O–H groups in total. The average Bonchev–Trinajstić information content (AvgIpc) is 3.16. The molecule has 0 aliphatic rings. The van der Waals surface area contributed by atoms with Crippen LogP contribution in [-0.4, -0.2) is 36.0 Å². The minimum absolute atomic E-state index is 0.0554. The topological polar surface area (TPSA) is 73.3 Å². The van der Waals surface area contributed by atoms with Crippen molar-refractivity contribution in [3.05, 3.63) is 53.1 Å². The number of Topliss-reactive ketones (excluding diaryl/α,β-unsaturated/α-hetero) is 1. The molecule has 3 rings (SSSR count). The second-order valence-electron chi connectivity index (χ2n) is 6.04. The Balaban J connectivity index is 1.67. The molecule has 0 spiro atoms. The first-order valence-electron chi connectivity index (χ1n) is 8.56. The molecule has 0 aliphatic heterocycles. The number of methoxy groups -OCH3 is 2. The number of thioether (sulfide) groups is 1. The van der Waals surface area contributed by atoms with Crippen LogP contribution in [0.3, 0.4) is 0 Å². The molecule has 1 aromatic heterocycles. The van der Waals surface area contributed by atoms with Crippen LogP contribution in [0, 0.1) is 13.8 Å². The van der Waals surface area contributed by atoms with E-state index >= 15 is 0 Å². The average molecular weight is 416 g/mol. The molecule has 0 saturated carbocycles. The van der Waals surface area contributed by atoms with Crippen LogP contribution in [-0.2, 0) is 0 Å². The van der Waals surface area contributed by atoms with Crippen molar-refractivity contribution >= 4 is 39.7 Å². The molecule has 0 radical (unpaired) electrons. The Hall–Kier alpha value is -2.58. The van der Waals surface area contributed by atoms with Gasteiger partial charge < -0.3 is 14.8 Å². The third-order valence-electron chi connectivity index (χ3n) is 4.15. The highest BCUT2D eigenvalue weighted by atomic mass is 32.2. The first kappa shape index (κ1) is 20.2. The van der Waals surface area contributed by atoms with Gasteiger partial charge in [0.05, 0.1) is 25.5 Å². The van der Waals surface area contributed by atoms with E-state index in [0.29, 0.717) is 22.2 Å². The number of aromatic nitrogens is 2. The van der Waals surface area contributed by atoms with Gasteiger partial charge in [-0.1, -0.05) is 41.3 Å². The fraction of sp³-hybridized carbons (Fsp3) is 0.250. The Morgan fingerprint density at radius 1 is 1.11 bits per heavy atom. The number of para-hydroxylation sites is 1. The van der Waals surface area contributed by atoms with Gasteiger partial charge in [-0.05, 0) is 43.2 Å². The van der Waals surface area contributed by atoms with Crippen molar-refractivity contribution in [3.63, 3.8) is 0 Å². The number of aryl methyl sites for hydroxylation is 2. The molecule has 0 fully saturated rings. The first-order valence-corrected chi connectivity index (χ1v) is 10.4. The van der Waals surface area contributed by atoms with E-state index in [1.165, 1.54) is 23.1 Å². The SMILES string of the molecule is COc1ccc(OC)c(C(=O)CSc2nnc(Nc3c(C)cccc3C)s2)c1. The number of carbonyl (C=O) groups excluding carboxylic acids is 1. The predicted octanol–water partition coefficient (Wildman–Crippen LogP) is 4.89. The maximum absolute atomic E-state index is 12.6. The van der Waals surface area contributed by atoms with E-state index < -0.39 is 0 Å². The largest absolute Gasteiger partial charge is 0.497 e. The van der Waals surface area contributed by atoms with Gasteiger partial charge in [-0.25, -0.2) is 0 Å². The van der Waals surface area contributed by atoms with Crippen molar-refractivity contribution in [2.45, 2.75) is 18.2 Å². The van der Waals surface area contributed by atoms with Gasteiger partial charge in [-0.15, -0.1) is 10.2 Å². The van der Waals surface area contributed by atoms with Crippen LogP contribution in [0.5, 0.6) is 11.5 Å². The van der Waals surface area contributed by atoms with Crippen molar-refractivity contribution in [2.24, 2.45) is 0 Å². The second kappa shape index (κ2) is 9.07. The van der Waals surface area contributed by atoms with Gasteiger partial charge in [0.2, 0.25) is 5.13 Å². The van der Waals surface area contributed by atoms with Gasteiger partial charge in [0, 0.05) is 5.69 Å². The van der Waals surface area contributed by atoms with Crippen LogP contribution < -0.4 is 14.8 Å². The third-order valence-corrected chi connectivity index (χ3v) is 6.13. The molecule has 146 valence electrons. The van der Waals surface area contributed by atoms with Crippen molar-refractivity contribution in [2.75, 3.05) is 25.3 Å². The number of hydrogen-bond donors (Lipinski definition) is 1. The summed E-state index contributed by atoms with van der Waals surface area (Å²) in [5.74, 6) is 1.33. The van der Waals surface area contributed by atoms with Crippen molar-refractivity contribution in [3.8, 4) is 11.5 Å². The number of benzene rings is 2. The fourth-order valence-corrected chi connectivity index (χ4v) is 4.31. The van der Waals surface area contributed by atoms with Crippen LogP contribution in [0.4, 0.5) is 10.8 Å². The summed E-state index contributed by atoms with van der Waals surface area (Å²) in [5.41, 5.74) is 3.81. The minimum Gasteiger partial charge on any atom is -0.497 e. The summed E-state index contributed by atoms with van der Waals surface area (Å²) in [5, 5.41) is 12.4. The number of nitrogens with one attached hydrogen (secondary N) is 1. The fourth-order valence-electron chi connectivity index (χ4n) is 2.67. The molecular weight excluding hydrogens is 394 g/mol. The summed E-state index contributed by atoms with van der Waals surface area (Å²) >= 11 is 2.78. The van der Waals surface area contributed by atoms with Crippen LogP contribution in [0.1, 0.15) is 21.5 Å². The zero-order valence-corrected chi connectivity index (χ0v) is 17.7. The first-order chi connectivity index (χ1) is 13.5. The van der Waals surface area contributed by atoms with Gasteiger partial charge in [0.1, 0.15) is 11.5 Å². The molecule has 28 heavy (non-hydrogen) atoms. The highest BCUT2D eigenvalue weighted by Crippen LogP contribution is 2.31. The predicted molar refractivity (Wildman–Crippen MR) is 114 cm³/mol. The van der Waals surface area contributed by atoms with Crippen LogP contribution in [0.25, 0.3) is 0 Å². The van der Waals surface area contributed by atoms with Gasteiger partial charge in [0.25, 0.3) is 0 Å². The van der Waals surface area contributed by atoms with E-state index in [4.69, 9.17) is 9.47 Å². The van der Waals surface area contributed by atoms with E-state index in [2.05, 4.69) is 15.5 Å². The Kier molecular flexibility index (Phi) is 6.53. The number of ketones is 1. The molecule has 0 unspecified atom stereocenters. The van der Waals surface area contributed by atoms with Crippen LogP contribution >= 0.6 is 23.1 Å². The minimum atomic E-state index is -0.0554. The summed E-state index contributed by atoms with van der Waals surface area (Å²) in [6, 6.07) is 11.3. The summed E-state index contributed by atoms with van der Waals surface area (Å²) < 4.78 is 11.2. The lowest BCUT2D eigenvalue weighted by molar-refractivity contribution is 0.101. The standard InChI is InChI=1S/C20H21N3O3S2/c1-12-6-5-7-13(2)18(12)21-19-22-23-20(28-19)27-11-16(24)15-10-14(25-3)8-9-17(15)26-4/h5-10H,11H2,1-4H3,(H,21,22). The zero-order valence-electron chi connectivity index (χ0n) is 16.1.